The Hall–Kier alpha value is -1.59. The molecule has 2 N–H and O–H groups in total. The molecule has 1 unspecified atom stereocenters. The summed E-state index contributed by atoms with van der Waals surface area (Å²) < 4.78 is 10.1. The van der Waals surface area contributed by atoms with Crippen molar-refractivity contribution < 1.29 is 14.3 Å². The van der Waals surface area contributed by atoms with E-state index in [1.54, 1.807) is 7.11 Å². The molecular formula is C15H22N2O3. The quantitative estimate of drug-likeness (QED) is 0.745. The minimum absolute atomic E-state index is 0.126. The van der Waals surface area contributed by atoms with E-state index in [0.717, 1.165) is 12.8 Å². The van der Waals surface area contributed by atoms with Crippen LogP contribution in [0.15, 0.2) is 24.3 Å². The zero-order valence-electron chi connectivity index (χ0n) is 11.9. The van der Waals surface area contributed by atoms with Gasteiger partial charge in [-0.2, -0.15) is 0 Å². The number of carbonyl (C=O) groups is 1. The fourth-order valence-corrected chi connectivity index (χ4v) is 2.40. The van der Waals surface area contributed by atoms with Crippen molar-refractivity contribution in [3.63, 3.8) is 0 Å². The molecule has 0 aromatic heterocycles. The summed E-state index contributed by atoms with van der Waals surface area (Å²) in [7, 11) is 1.63. The monoisotopic (exact) mass is 278 g/mol. The summed E-state index contributed by atoms with van der Waals surface area (Å²) >= 11 is 0. The third kappa shape index (κ3) is 4.21. The highest BCUT2D eigenvalue weighted by molar-refractivity contribution is 5.74. The Morgan fingerprint density at radius 3 is 3.00 bits per heavy atom. The van der Waals surface area contributed by atoms with Crippen LogP contribution in [0.4, 0.5) is 4.79 Å². The Kier molecular flexibility index (Phi) is 5.83. The van der Waals surface area contributed by atoms with Crippen LogP contribution in [0.25, 0.3) is 0 Å². The van der Waals surface area contributed by atoms with Gasteiger partial charge in [0, 0.05) is 13.7 Å². The second-order valence-electron chi connectivity index (χ2n) is 4.80. The lowest BCUT2D eigenvalue weighted by Gasteiger charge is -2.15. The molecule has 0 aliphatic heterocycles. The van der Waals surface area contributed by atoms with Gasteiger partial charge >= 0.3 is 6.03 Å². The largest absolute Gasteiger partial charge is 0.382 e. The average Bonchev–Trinajstić information content (AvgIpc) is 2.86. The van der Waals surface area contributed by atoms with Crippen LogP contribution in [0.3, 0.4) is 0 Å². The third-order valence-corrected chi connectivity index (χ3v) is 3.40. The maximum absolute atomic E-state index is 11.8. The van der Waals surface area contributed by atoms with Gasteiger partial charge in [-0.15, -0.1) is 0 Å². The molecule has 1 atom stereocenters. The van der Waals surface area contributed by atoms with E-state index in [0.29, 0.717) is 26.4 Å². The van der Waals surface area contributed by atoms with Gasteiger partial charge in [0.15, 0.2) is 0 Å². The Morgan fingerprint density at radius 1 is 1.30 bits per heavy atom. The van der Waals surface area contributed by atoms with Crippen molar-refractivity contribution in [1.29, 1.82) is 0 Å². The van der Waals surface area contributed by atoms with Gasteiger partial charge in [-0.25, -0.2) is 4.79 Å². The van der Waals surface area contributed by atoms with E-state index in [1.165, 1.54) is 11.1 Å². The number of nitrogens with one attached hydrogen (secondary N) is 2. The van der Waals surface area contributed by atoms with Crippen LogP contribution in [0.5, 0.6) is 0 Å². The topological polar surface area (TPSA) is 59.6 Å². The van der Waals surface area contributed by atoms with Gasteiger partial charge in [-0.05, 0) is 24.0 Å². The summed E-state index contributed by atoms with van der Waals surface area (Å²) in [4.78, 5) is 11.8. The summed E-state index contributed by atoms with van der Waals surface area (Å²) in [6.07, 6.45) is 2.00. The van der Waals surface area contributed by atoms with Crippen molar-refractivity contribution in [1.82, 2.24) is 10.6 Å². The number of aryl methyl sites for hydroxylation is 1. The van der Waals surface area contributed by atoms with Gasteiger partial charge in [0.05, 0.1) is 25.9 Å². The molecule has 2 rings (SSSR count). The number of hydrogen-bond acceptors (Lipinski definition) is 3. The Labute approximate surface area is 119 Å². The molecule has 5 heteroatoms. The van der Waals surface area contributed by atoms with Crippen molar-refractivity contribution in [3.05, 3.63) is 35.4 Å². The lowest BCUT2D eigenvalue weighted by molar-refractivity contribution is 0.0726. The van der Waals surface area contributed by atoms with E-state index < -0.39 is 0 Å². The molecule has 1 aromatic carbocycles. The highest BCUT2D eigenvalue weighted by atomic mass is 16.5. The number of rotatable bonds is 7. The molecule has 20 heavy (non-hydrogen) atoms. The van der Waals surface area contributed by atoms with E-state index in [4.69, 9.17) is 9.47 Å². The van der Waals surface area contributed by atoms with Crippen LogP contribution in [0, 0.1) is 0 Å². The van der Waals surface area contributed by atoms with Crippen molar-refractivity contribution in [2.24, 2.45) is 0 Å². The normalized spacial score (nSPS) is 16.8. The van der Waals surface area contributed by atoms with Gasteiger partial charge in [0.2, 0.25) is 0 Å². The molecule has 5 nitrogen and oxygen atoms in total. The number of urea groups is 1. The van der Waals surface area contributed by atoms with Crippen LogP contribution in [0.1, 0.15) is 23.6 Å². The minimum Gasteiger partial charge on any atom is -0.382 e. The van der Waals surface area contributed by atoms with Gasteiger partial charge in [-0.1, -0.05) is 24.3 Å². The predicted molar refractivity (Wildman–Crippen MR) is 76.7 cm³/mol. The lowest BCUT2D eigenvalue weighted by Crippen LogP contribution is -2.39. The zero-order valence-corrected chi connectivity index (χ0v) is 11.9. The number of methoxy groups -OCH3 is 1. The van der Waals surface area contributed by atoms with Crippen molar-refractivity contribution in [2.75, 3.05) is 33.5 Å². The van der Waals surface area contributed by atoms with Crippen LogP contribution in [0.2, 0.25) is 0 Å². The minimum atomic E-state index is -0.137. The second-order valence-corrected chi connectivity index (χ2v) is 4.80. The third-order valence-electron chi connectivity index (χ3n) is 3.40. The highest BCUT2D eigenvalue weighted by Gasteiger charge is 2.22. The predicted octanol–water partition coefficient (Wildman–Crippen LogP) is 1.64. The standard InChI is InChI=1S/C15H22N2O3/c1-19-10-11-20-9-8-16-15(18)17-14-7-6-12-4-2-3-5-13(12)14/h2-5,14H,6-11H2,1H3,(H2,16,17,18). The Balaban J connectivity index is 1.66. The SMILES string of the molecule is COCCOCCNC(=O)NC1CCc2ccccc21. The van der Waals surface area contributed by atoms with E-state index >= 15 is 0 Å². The summed E-state index contributed by atoms with van der Waals surface area (Å²) in [6, 6.07) is 8.25. The number of amides is 2. The molecule has 0 heterocycles. The molecule has 0 fully saturated rings. The van der Waals surface area contributed by atoms with Crippen molar-refractivity contribution >= 4 is 6.03 Å². The lowest BCUT2D eigenvalue weighted by atomic mass is 10.1. The number of benzene rings is 1. The number of ether oxygens (including phenoxy) is 2. The number of carbonyl (C=O) groups excluding carboxylic acids is 1. The van der Waals surface area contributed by atoms with Crippen LogP contribution < -0.4 is 10.6 Å². The molecule has 0 saturated carbocycles. The van der Waals surface area contributed by atoms with Gasteiger partial charge < -0.3 is 20.1 Å². The molecule has 0 saturated heterocycles. The van der Waals surface area contributed by atoms with E-state index in [2.05, 4.69) is 22.8 Å². The molecule has 1 aliphatic rings. The van der Waals surface area contributed by atoms with Crippen molar-refractivity contribution in [3.8, 4) is 0 Å². The van der Waals surface area contributed by atoms with Gasteiger partial charge in [-0.3, -0.25) is 0 Å². The summed E-state index contributed by atoms with van der Waals surface area (Å²) in [5.41, 5.74) is 2.57. The number of fused-ring (bicyclic) bond motifs is 1. The Morgan fingerprint density at radius 2 is 2.15 bits per heavy atom. The van der Waals surface area contributed by atoms with E-state index in [-0.39, 0.29) is 12.1 Å². The maximum atomic E-state index is 11.8. The number of hydrogen-bond donors (Lipinski definition) is 2. The zero-order chi connectivity index (χ0) is 14.2. The first-order valence-electron chi connectivity index (χ1n) is 7.00. The van der Waals surface area contributed by atoms with E-state index in [9.17, 15) is 4.79 Å². The highest BCUT2D eigenvalue weighted by Crippen LogP contribution is 2.30. The molecule has 0 bridgehead atoms. The summed E-state index contributed by atoms with van der Waals surface area (Å²) in [6.45, 7) is 2.13. The average molecular weight is 278 g/mol. The first-order chi connectivity index (χ1) is 9.81. The molecule has 110 valence electrons. The van der Waals surface area contributed by atoms with Crippen LogP contribution in [-0.4, -0.2) is 39.5 Å². The van der Waals surface area contributed by atoms with Crippen LogP contribution in [-0.2, 0) is 15.9 Å². The molecular weight excluding hydrogens is 256 g/mol. The molecule has 0 radical (unpaired) electrons. The first kappa shape index (κ1) is 14.8. The summed E-state index contributed by atoms with van der Waals surface area (Å²) in [5.74, 6) is 0. The fraction of sp³-hybridized carbons (Fsp3) is 0.533. The van der Waals surface area contributed by atoms with Crippen molar-refractivity contribution in [2.45, 2.75) is 18.9 Å². The second kappa shape index (κ2) is 7.87. The smallest absolute Gasteiger partial charge is 0.315 e. The fourth-order valence-electron chi connectivity index (χ4n) is 2.40. The molecule has 2 amide bonds. The van der Waals surface area contributed by atoms with Gasteiger partial charge in [0.25, 0.3) is 0 Å². The molecule has 1 aromatic rings. The Bertz CT molecular complexity index is 437. The first-order valence-corrected chi connectivity index (χ1v) is 7.00. The summed E-state index contributed by atoms with van der Waals surface area (Å²) in [5, 5.41) is 5.81. The van der Waals surface area contributed by atoms with Crippen LogP contribution >= 0.6 is 0 Å². The molecule has 0 spiro atoms. The maximum Gasteiger partial charge on any atom is 0.315 e. The van der Waals surface area contributed by atoms with E-state index in [1.807, 2.05) is 12.1 Å². The molecule has 1 aliphatic carbocycles. The van der Waals surface area contributed by atoms with Gasteiger partial charge in [0.1, 0.15) is 0 Å².